The van der Waals surface area contributed by atoms with Gasteiger partial charge in [0.2, 0.25) is 0 Å². The summed E-state index contributed by atoms with van der Waals surface area (Å²) >= 11 is 0. The van der Waals surface area contributed by atoms with E-state index in [4.69, 9.17) is 5.73 Å². The normalized spacial score (nSPS) is 11.4. The van der Waals surface area contributed by atoms with Crippen LogP contribution < -0.4 is 11.1 Å². The van der Waals surface area contributed by atoms with Crippen molar-refractivity contribution in [1.82, 2.24) is 15.5 Å². The lowest BCUT2D eigenvalue weighted by Gasteiger charge is -2.26. The standard InChI is InChI=1S/C16H22N4O/c1-11-13(14(17)20-19-11)15(21)18-16(2,3)10-9-12-7-5-4-6-8-12/h4-8H,9-10H2,1-3H3,(H,18,21)(H3,17,19,20). The average molecular weight is 286 g/mol. The Hall–Kier alpha value is -2.30. The van der Waals surface area contributed by atoms with Gasteiger partial charge in [0.25, 0.3) is 5.91 Å². The molecule has 0 radical (unpaired) electrons. The van der Waals surface area contributed by atoms with Gasteiger partial charge in [0.05, 0.1) is 0 Å². The number of nitrogen functional groups attached to an aromatic ring is 1. The fraction of sp³-hybridized carbons (Fsp3) is 0.375. The zero-order valence-electron chi connectivity index (χ0n) is 12.7. The Balaban J connectivity index is 1.99. The number of nitrogens with one attached hydrogen (secondary N) is 2. The second kappa shape index (κ2) is 5.99. The number of aromatic nitrogens is 2. The van der Waals surface area contributed by atoms with E-state index in [1.807, 2.05) is 32.0 Å². The van der Waals surface area contributed by atoms with Crippen molar-refractivity contribution in [3.05, 3.63) is 47.2 Å². The fourth-order valence-corrected chi connectivity index (χ4v) is 2.27. The molecule has 21 heavy (non-hydrogen) atoms. The van der Waals surface area contributed by atoms with Crippen LogP contribution >= 0.6 is 0 Å². The zero-order chi connectivity index (χ0) is 15.5. The van der Waals surface area contributed by atoms with E-state index < -0.39 is 0 Å². The van der Waals surface area contributed by atoms with Gasteiger partial charge in [-0.3, -0.25) is 9.89 Å². The lowest BCUT2D eigenvalue weighted by Crippen LogP contribution is -2.44. The molecule has 1 heterocycles. The molecule has 0 aliphatic carbocycles. The van der Waals surface area contributed by atoms with Crippen molar-refractivity contribution in [2.45, 2.75) is 39.2 Å². The molecule has 0 aliphatic rings. The van der Waals surface area contributed by atoms with Crippen molar-refractivity contribution in [1.29, 1.82) is 0 Å². The SMILES string of the molecule is Cc1[nH]nc(N)c1C(=O)NC(C)(C)CCc1ccccc1. The van der Waals surface area contributed by atoms with E-state index in [2.05, 4.69) is 27.6 Å². The Morgan fingerprint density at radius 3 is 2.57 bits per heavy atom. The summed E-state index contributed by atoms with van der Waals surface area (Å²) in [6, 6.07) is 10.2. The first-order valence-corrected chi connectivity index (χ1v) is 7.06. The molecule has 0 fully saturated rings. The highest BCUT2D eigenvalue weighted by atomic mass is 16.1. The summed E-state index contributed by atoms with van der Waals surface area (Å²) in [5.41, 5.74) is 7.79. The minimum atomic E-state index is -0.316. The molecule has 5 heteroatoms. The van der Waals surface area contributed by atoms with Crippen molar-refractivity contribution in [3.8, 4) is 0 Å². The third kappa shape index (κ3) is 3.84. The van der Waals surface area contributed by atoms with Gasteiger partial charge in [-0.2, -0.15) is 5.10 Å². The number of H-pyrrole nitrogens is 1. The Kier molecular flexibility index (Phi) is 4.31. The molecular formula is C16H22N4O. The van der Waals surface area contributed by atoms with Gasteiger partial charge in [0, 0.05) is 11.2 Å². The molecule has 0 saturated carbocycles. The van der Waals surface area contributed by atoms with Crippen LogP contribution in [0.3, 0.4) is 0 Å². The van der Waals surface area contributed by atoms with E-state index in [0.717, 1.165) is 12.8 Å². The summed E-state index contributed by atoms with van der Waals surface area (Å²) in [5.74, 6) is 0.0562. The van der Waals surface area contributed by atoms with Crippen LogP contribution in [0.15, 0.2) is 30.3 Å². The Morgan fingerprint density at radius 1 is 1.33 bits per heavy atom. The molecule has 1 aromatic heterocycles. The molecule has 0 bridgehead atoms. The van der Waals surface area contributed by atoms with E-state index in [1.165, 1.54) is 5.56 Å². The number of anilines is 1. The average Bonchev–Trinajstić information content (AvgIpc) is 2.77. The molecule has 2 rings (SSSR count). The Morgan fingerprint density at radius 2 is 2.00 bits per heavy atom. The van der Waals surface area contributed by atoms with Crippen molar-refractivity contribution in [2.24, 2.45) is 0 Å². The van der Waals surface area contributed by atoms with Crippen LogP contribution in [0.1, 0.15) is 41.9 Å². The van der Waals surface area contributed by atoms with E-state index in [-0.39, 0.29) is 17.3 Å². The highest BCUT2D eigenvalue weighted by Crippen LogP contribution is 2.17. The predicted molar refractivity (Wildman–Crippen MR) is 84.0 cm³/mol. The van der Waals surface area contributed by atoms with E-state index in [1.54, 1.807) is 6.92 Å². The largest absolute Gasteiger partial charge is 0.382 e. The van der Waals surface area contributed by atoms with Crippen LogP contribution in [0.4, 0.5) is 5.82 Å². The van der Waals surface area contributed by atoms with Crippen molar-refractivity contribution in [2.75, 3.05) is 5.73 Å². The number of rotatable bonds is 5. The van der Waals surface area contributed by atoms with Gasteiger partial charge in [-0.25, -0.2) is 0 Å². The highest BCUT2D eigenvalue weighted by molar-refractivity contribution is 5.99. The second-order valence-corrected chi connectivity index (χ2v) is 5.93. The quantitative estimate of drug-likeness (QED) is 0.789. The lowest BCUT2D eigenvalue weighted by molar-refractivity contribution is 0.0909. The van der Waals surface area contributed by atoms with Gasteiger partial charge >= 0.3 is 0 Å². The van der Waals surface area contributed by atoms with Crippen LogP contribution in [-0.4, -0.2) is 21.6 Å². The summed E-state index contributed by atoms with van der Waals surface area (Å²) in [5, 5.41) is 9.61. The van der Waals surface area contributed by atoms with Crippen molar-refractivity contribution >= 4 is 11.7 Å². The molecule has 1 aromatic carbocycles. The zero-order valence-corrected chi connectivity index (χ0v) is 12.7. The second-order valence-electron chi connectivity index (χ2n) is 5.93. The van der Waals surface area contributed by atoms with Gasteiger partial charge < -0.3 is 11.1 Å². The maximum absolute atomic E-state index is 12.3. The van der Waals surface area contributed by atoms with Crippen molar-refractivity contribution in [3.63, 3.8) is 0 Å². The fourth-order valence-electron chi connectivity index (χ4n) is 2.27. The maximum atomic E-state index is 12.3. The summed E-state index contributed by atoms with van der Waals surface area (Å²) in [6.45, 7) is 5.81. The monoisotopic (exact) mass is 286 g/mol. The molecule has 0 atom stereocenters. The number of carbonyl (C=O) groups is 1. The minimum Gasteiger partial charge on any atom is -0.382 e. The van der Waals surface area contributed by atoms with E-state index >= 15 is 0 Å². The minimum absolute atomic E-state index is 0.184. The number of carbonyl (C=O) groups excluding carboxylic acids is 1. The molecule has 2 aromatic rings. The molecule has 112 valence electrons. The topological polar surface area (TPSA) is 83.8 Å². The van der Waals surface area contributed by atoms with Crippen LogP contribution in [0, 0.1) is 6.92 Å². The molecule has 0 unspecified atom stereocenters. The number of nitrogens with two attached hydrogens (primary N) is 1. The smallest absolute Gasteiger partial charge is 0.257 e. The number of aryl methyl sites for hydroxylation is 2. The third-order valence-electron chi connectivity index (χ3n) is 3.54. The van der Waals surface area contributed by atoms with Crippen LogP contribution in [0.5, 0.6) is 0 Å². The van der Waals surface area contributed by atoms with Crippen LogP contribution in [0.2, 0.25) is 0 Å². The lowest BCUT2D eigenvalue weighted by atomic mass is 9.95. The first-order chi connectivity index (χ1) is 9.89. The Labute approximate surface area is 124 Å². The molecule has 0 spiro atoms. The van der Waals surface area contributed by atoms with Gasteiger partial charge in [0.15, 0.2) is 5.82 Å². The predicted octanol–water partition coefficient (Wildman–Crippen LogP) is 2.44. The third-order valence-corrected chi connectivity index (χ3v) is 3.54. The molecule has 0 aliphatic heterocycles. The van der Waals surface area contributed by atoms with E-state index in [0.29, 0.717) is 11.3 Å². The number of hydrogen-bond acceptors (Lipinski definition) is 3. The Bertz CT molecular complexity index is 597. The van der Waals surface area contributed by atoms with Crippen LogP contribution in [-0.2, 0) is 6.42 Å². The summed E-state index contributed by atoms with van der Waals surface area (Å²) in [6.07, 6.45) is 1.76. The number of nitrogens with zero attached hydrogens (tertiary/aromatic N) is 1. The summed E-state index contributed by atoms with van der Waals surface area (Å²) in [7, 11) is 0. The highest BCUT2D eigenvalue weighted by Gasteiger charge is 2.24. The molecular weight excluding hydrogens is 264 g/mol. The van der Waals surface area contributed by atoms with Crippen LogP contribution in [0.25, 0.3) is 0 Å². The molecule has 4 N–H and O–H groups in total. The number of aromatic amines is 1. The number of benzene rings is 1. The van der Waals surface area contributed by atoms with Gasteiger partial charge in [-0.05, 0) is 39.2 Å². The molecule has 5 nitrogen and oxygen atoms in total. The van der Waals surface area contributed by atoms with E-state index in [9.17, 15) is 4.79 Å². The molecule has 1 amide bonds. The van der Waals surface area contributed by atoms with Gasteiger partial charge in [-0.15, -0.1) is 0 Å². The first kappa shape index (κ1) is 15.1. The number of hydrogen-bond donors (Lipinski definition) is 3. The summed E-state index contributed by atoms with van der Waals surface area (Å²) < 4.78 is 0. The van der Waals surface area contributed by atoms with Gasteiger partial charge in [-0.1, -0.05) is 30.3 Å². The first-order valence-electron chi connectivity index (χ1n) is 7.06. The number of amides is 1. The summed E-state index contributed by atoms with van der Waals surface area (Å²) in [4.78, 5) is 12.3. The van der Waals surface area contributed by atoms with Gasteiger partial charge in [0.1, 0.15) is 5.56 Å². The van der Waals surface area contributed by atoms with Crippen molar-refractivity contribution < 1.29 is 4.79 Å². The maximum Gasteiger partial charge on any atom is 0.257 e. The molecule has 0 saturated heterocycles.